The Kier molecular flexibility index (Phi) is 2.09. The van der Waals surface area contributed by atoms with Gasteiger partial charge in [0.15, 0.2) is 0 Å². The first-order chi connectivity index (χ1) is 5.92. The fraction of sp³-hybridized carbons (Fsp3) is 0.556. The van der Waals surface area contributed by atoms with E-state index in [0.717, 1.165) is 12.3 Å². The van der Waals surface area contributed by atoms with E-state index in [0.29, 0.717) is 6.54 Å². The molecule has 1 heterocycles. The summed E-state index contributed by atoms with van der Waals surface area (Å²) >= 11 is 1.70. The average molecular weight is 178 g/mol. The van der Waals surface area contributed by atoms with Gasteiger partial charge in [-0.2, -0.15) is 0 Å². The van der Waals surface area contributed by atoms with Crippen molar-refractivity contribution in [3.63, 3.8) is 0 Å². The van der Waals surface area contributed by atoms with Crippen LogP contribution >= 0.6 is 11.3 Å². The van der Waals surface area contributed by atoms with Crippen molar-refractivity contribution in [1.82, 2.24) is 4.98 Å². The van der Waals surface area contributed by atoms with Gasteiger partial charge in [0.25, 0.3) is 0 Å². The number of hydrogen-bond donors (Lipinski definition) is 0. The first kappa shape index (κ1) is 7.75. The third-order valence-corrected chi connectivity index (χ3v) is 3.00. The average Bonchev–Trinajstić information content (AvgIpc) is 2.83. The van der Waals surface area contributed by atoms with Gasteiger partial charge in [0.1, 0.15) is 0 Å². The Bertz CT molecular complexity index is 307. The molecule has 0 atom stereocenters. The van der Waals surface area contributed by atoms with Crippen molar-refractivity contribution in [2.24, 2.45) is 0 Å². The molecule has 0 amide bonds. The van der Waals surface area contributed by atoms with Gasteiger partial charge in [0, 0.05) is 10.8 Å². The maximum Gasteiger partial charge on any atom is 0.219 e. The third kappa shape index (κ3) is 1.49. The fourth-order valence-electron chi connectivity index (χ4n) is 1.31. The van der Waals surface area contributed by atoms with Crippen LogP contribution in [0.2, 0.25) is 0 Å². The van der Waals surface area contributed by atoms with Gasteiger partial charge in [-0.1, -0.05) is 0 Å². The summed E-state index contributed by atoms with van der Waals surface area (Å²) in [6.45, 7) is 7.32. The molecule has 0 aromatic carbocycles. The van der Waals surface area contributed by atoms with Crippen LogP contribution in [0.25, 0.3) is 4.85 Å². The first-order valence-electron chi connectivity index (χ1n) is 4.17. The van der Waals surface area contributed by atoms with Crippen LogP contribution in [0.3, 0.4) is 0 Å². The maximum absolute atomic E-state index is 6.71. The zero-order valence-corrected chi connectivity index (χ0v) is 7.60. The molecule has 2 rings (SSSR count). The molecule has 3 heteroatoms. The number of hydrogen-bond acceptors (Lipinski definition) is 2. The summed E-state index contributed by atoms with van der Waals surface area (Å²) in [5.74, 6) is 0.733. The monoisotopic (exact) mass is 178 g/mol. The Labute approximate surface area is 76.1 Å². The molecular formula is C9H10N2S. The normalized spacial score (nSPS) is 15.9. The number of nitrogens with zero attached hydrogens (tertiary/aromatic N) is 2. The largest absolute Gasteiger partial charge is 0.317 e. The molecule has 0 saturated heterocycles. The Morgan fingerprint density at radius 3 is 3.17 bits per heavy atom. The highest BCUT2D eigenvalue weighted by atomic mass is 32.1. The quantitative estimate of drug-likeness (QED) is 0.650. The third-order valence-electron chi connectivity index (χ3n) is 2.09. The lowest BCUT2D eigenvalue weighted by Crippen LogP contribution is -1.90. The molecule has 1 saturated carbocycles. The molecule has 0 unspecified atom stereocenters. The molecule has 2 nitrogen and oxygen atoms in total. The van der Waals surface area contributed by atoms with Crippen molar-refractivity contribution in [1.29, 1.82) is 0 Å². The van der Waals surface area contributed by atoms with Crippen LogP contribution in [0.15, 0.2) is 5.51 Å². The molecule has 0 bridgehead atoms. The molecule has 0 N–H and O–H groups in total. The SMILES string of the molecule is [C-]#[N+]CCc1scnc1C1CC1. The molecule has 0 radical (unpaired) electrons. The zero-order chi connectivity index (χ0) is 8.39. The molecule has 1 aromatic heterocycles. The summed E-state index contributed by atoms with van der Waals surface area (Å²) in [4.78, 5) is 9.05. The van der Waals surface area contributed by atoms with Gasteiger partial charge in [-0.3, -0.25) is 0 Å². The van der Waals surface area contributed by atoms with Gasteiger partial charge in [-0.25, -0.2) is 11.6 Å². The van der Waals surface area contributed by atoms with Crippen LogP contribution in [0.1, 0.15) is 29.3 Å². The van der Waals surface area contributed by atoms with E-state index < -0.39 is 0 Å². The van der Waals surface area contributed by atoms with E-state index in [1.54, 1.807) is 11.3 Å². The summed E-state index contributed by atoms with van der Waals surface area (Å²) in [7, 11) is 0. The standard InChI is InChI=1S/C9H10N2S/c1-10-5-4-8-9(7-2-3-7)11-6-12-8/h6-7H,2-5H2. The molecule has 1 aliphatic rings. The second-order valence-electron chi connectivity index (χ2n) is 3.07. The number of thiazole rings is 1. The zero-order valence-electron chi connectivity index (χ0n) is 6.79. The van der Waals surface area contributed by atoms with Gasteiger partial charge in [-0.15, -0.1) is 11.3 Å². The van der Waals surface area contributed by atoms with Crippen molar-refractivity contribution in [3.05, 3.63) is 27.5 Å². The van der Waals surface area contributed by atoms with E-state index in [-0.39, 0.29) is 0 Å². The minimum absolute atomic E-state index is 0.613. The van der Waals surface area contributed by atoms with Crippen molar-refractivity contribution in [2.45, 2.75) is 25.2 Å². The van der Waals surface area contributed by atoms with Gasteiger partial charge in [0.2, 0.25) is 6.54 Å². The molecule has 1 aliphatic carbocycles. The molecule has 62 valence electrons. The number of aromatic nitrogens is 1. The van der Waals surface area contributed by atoms with Gasteiger partial charge in [-0.05, 0) is 12.8 Å². The summed E-state index contributed by atoms with van der Waals surface area (Å²) in [5, 5.41) is 0. The minimum Gasteiger partial charge on any atom is -0.317 e. The lowest BCUT2D eigenvalue weighted by molar-refractivity contribution is 0.983. The Morgan fingerprint density at radius 2 is 2.50 bits per heavy atom. The Balaban J connectivity index is 2.09. The molecule has 1 fully saturated rings. The van der Waals surface area contributed by atoms with Crippen LogP contribution < -0.4 is 0 Å². The van der Waals surface area contributed by atoms with E-state index in [4.69, 9.17) is 6.57 Å². The summed E-state index contributed by atoms with van der Waals surface area (Å²) < 4.78 is 0. The highest BCUT2D eigenvalue weighted by molar-refractivity contribution is 7.09. The summed E-state index contributed by atoms with van der Waals surface area (Å²) in [6, 6.07) is 0. The van der Waals surface area contributed by atoms with E-state index in [9.17, 15) is 0 Å². The first-order valence-corrected chi connectivity index (χ1v) is 5.05. The molecule has 12 heavy (non-hydrogen) atoms. The lowest BCUT2D eigenvalue weighted by Gasteiger charge is -1.94. The second-order valence-corrected chi connectivity index (χ2v) is 4.01. The molecule has 0 spiro atoms. The molecule has 1 aromatic rings. The van der Waals surface area contributed by atoms with Gasteiger partial charge < -0.3 is 4.85 Å². The highest BCUT2D eigenvalue weighted by Crippen LogP contribution is 2.41. The van der Waals surface area contributed by atoms with Crippen LogP contribution in [-0.4, -0.2) is 11.5 Å². The Hall–Kier alpha value is -0.880. The highest BCUT2D eigenvalue weighted by Gasteiger charge is 2.28. The number of rotatable bonds is 3. The fourth-order valence-corrected chi connectivity index (χ4v) is 2.16. The molecular weight excluding hydrogens is 168 g/mol. The van der Waals surface area contributed by atoms with E-state index in [1.807, 2.05) is 5.51 Å². The predicted octanol–water partition coefficient (Wildman–Crippen LogP) is 2.48. The Morgan fingerprint density at radius 1 is 1.67 bits per heavy atom. The van der Waals surface area contributed by atoms with Crippen LogP contribution in [-0.2, 0) is 6.42 Å². The minimum atomic E-state index is 0.613. The topological polar surface area (TPSA) is 17.2 Å². The predicted molar refractivity (Wildman–Crippen MR) is 49.3 cm³/mol. The smallest absolute Gasteiger partial charge is 0.219 e. The van der Waals surface area contributed by atoms with Crippen molar-refractivity contribution in [2.75, 3.05) is 6.54 Å². The van der Waals surface area contributed by atoms with Gasteiger partial charge in [0.05, 0.1) is 17.6 Å². The van der Waals surface area contributed by atoms with E-state index in [2.05, 4.69) is 9.83 Å². The summed E-state index contributed by atoms with van der Waals surface area (Å²) in [5.41, 5.74) is 3.19. The molecule has 0 aliphatic heterocycles. The maximum atomic E-state index is 6.71. The summed E-state index contributed by atoms with van der Waals surface area (Å²) in [6.07, 6.45) is 3.50. The van der Waals surface area contributed by atoms with Gasteiger partial charge >= 0.3 is 0 Å². The van der Waals surface area contributed by atoms with Crippen LogP contribution in [0.4, 0.5) is 0 Å². The van der Waals surface area contributed by atoms with Crippen LogP contribution in [0.5, 0.6) is 0 Å². The van der Waals surface area contributed by atoms with Crippen molar-refractivity contribution >= 4 is 11.3 Å². The van der Waals surface area contributed by atoms with Crippen molar-refractivity contribution in [3.8, 4) is 0 Å². The lowest BCUT2D eigenvalue weighted by atomic mass is 10.2. The van der Waals surface area contributed by atoms with E-state index >= 15 is 0 Å². The van der Waals surface area contributed by atoms with E-state index in [1.165, 1.54) is 23.4 Å². The van der Waals surface area contributed by atoms with Crippen molar-refractivity contribution < 1.29 is 0 Å². The van der Waals surface area contributed by atoms with Crippen LogP contribution in [0, 0.1) is 6.57 Å². The second kappa shape index (κ2) is 3.24.